The third-order valence-corrected chi connectivity index (χ3v) is 2.94. The first-order valence-corrected chi connectivity index (χ1v) is 6.79. The molecule has 2 rings (SSSR count). The van der Waals surface area contributed by atoms with Crippen molar-refractivity contribution in [3.8, 4) is 17.4 Å². The number of nitrogens with zero attached hydrogens (tertiary/aromatic N) is 1. The fraction of sp³-hybridized carbons (Fsp3) is 0.312. The summed E-state index contributed by atoms with van der Waals surface area (Å²) in [5.74, 6) is 2.18. The molecule has 0 saturated heterocycles. The van der Waals surface area contributed by atoms with Gasteiger partial charge in [0.25, 0.3) is 0 Å². The van der Waals surface area contributed by atoms with Crippen LogP contribution >= 0.6 is 0 Å². The monoisotopic (exact) mass is 288 g/mol. The number of nitrogens with one attached hydrogen (secondary N) is 1. The van der Waals surface area contributed by atoms with E-state index in [1.807, 2.05) is 37.3 Å². The summed E-state index contributed by atoms with van der Waals surface area (Å²) in [7, 11) is 3.28. The second-order valence-electron chi connectivity index (χ2n) is 4.39. The van der Waals surface area contributed by atoms with E-state index < -0.39 is 0 Å². The van der Waals surface area contributed by atoms with Crippen molar-refractivity contribution in [1.29, 1.82) is 0 Å². The fourth-order valence-corrected chi connectivity index (χ4v) is 1.89. The van der Waals surface area contributed by atoms with Crippen LogP contribution in [0.25, 0.3) is 0 Å². The Kier molecular flexibility index (Phi) is 5.26. The predicted molar refractivity (Wildman–Crippen MR) is 82.3 cm³/mol. The van der Waals surface area contributed by atoms with E-state index in [9.17, 15) is 0 Å². The highest BCUT2D eigenvalue weighted by Crippen LogP contribution is 2.23. The van der Waals surface area contributed by atoms with Gasteiger partial charge in [-0.3, -0.25) is 0 Å². The Labute approximate surface area is 124 Å². The van der Waals surface area contributed by atoms with Gasteiger partial charge in [-0.05, 0) is 30.7 Å². The van der Waals surface area contributed by atoms with Crippen LogP contribution in [0.15, 0.2) is 36.5 Å². The number of pyridine rings is 1. The lowest BCUT2D eigenvalue weighted by Crippen LogP contribution is -2.01. The minimum absolute atomic E-state index is 0.614. The molecule has 1 aromatic carbocycles. The maximum absolute atomic E-state index is 5.31. The van der Waals surface area contributed by atoms with Crippen LogP contribution in [0, 0.1) is 0 Å². The van der Waals surface area contributed by atoms with E-state index in [1.165, 1.54) is 0 Å². The standard InChI is InChI=1S/C16H20N2O3/c1-4-21-16-6-5-13(11-18-16)17-10-12-7-14(19-2)9-15(8-12)20-3/h5-9,11,17H,4,10H2,1-3H3. The van der Waals surface area contributed by atoms with Gasteiger partial charge >= 0.3 is 0 Å². The number of aromatic nitrogens is 1. The molecule has 1 heterocycles. The van der Waals surface area contributed by atoms with Crippen molar-refractivity contribution in [2.45, 2.75) is 13.5 Å². The van der Waals surface area contributed by atoms with E-state index in [2.05, 4.69) is 10.3 Å². The van der Waals surface area contributed by atoms with Gasteiger partial charge in [0.2, 0.25) is 5.88 Å². The molecule has 0 aliphatic rings. The van der Waals surface area contributed by atoms with Crippen LogP contribution in [-0.2, 0) is 6.54 Å². The maximum atomic E-state index is 5.31. The molecule has 0 saturated carbocycles. The van der Waals surface area contributed by atoms with Crippen molar-refractivity contribution < 1.29 is 14.2 Å². The van der Waals surface area contributed by atoms with Crippen LogP contribution in [0.1, 0.15) is 12.5 Å². The molecule has 5 nitrogen and oxygen atoms in total. The van der Waals surface area contributed by atoms with Crippen LogP contribution in [0.5, 0.6) is 17.4 Å². The summed E-state index contributed by atoms with van der Waals surface area (Å²) in [5.41, 5.74) is 2.00. The van der Waals surface area contributed by atoms with Gasteiger partial charge in [-0.2, -0.15) is 0 Å². The molecule has 1 N–H and O–H groups in total. The van der Waals surface area contributed by atoms with E-state index in [0.717, 1.165) is 22.7 Å². The number of ether oxygens (including phenoxy) is 3. The van der Waals surface area contributed by atoms with E-state index >= 15 is 0 Å². The van der Waals surface area contributed by atoms with Crippen LogP contribution in [-0.4, -0.2) is 25.8 Å². The molecule has 0 spiro atoms. The summed E-state index contributed by atoms with van der Waals surface area (Å²) in [4.78, 5) is 4.21. The second-order valence-corrected chi connectivity index (χ2v) is 4.39. The van der Waals surface area contributed by atoms with E-state index in [4.69, 9.17) is 14.2 Å². The summed E-state index contributed by atoms with van der Waals surface area (Å²) >= 11 is 0. The van der Waals surface area contributed by atoms with Gasteiger partial charge in [0.15, 0.2) is 0 Å². The number of methoxy groups -OCH3 is 2. The quantitative estimate of drug-likeness (QED) is 0.848. The van der Waals surface area contributed by atoms with Crippen molar-refractivity contribution in [2.75, 3.05) is 26.1 Å². The number of hydrogen-bond acceptors (Lipinski definition) is 5. The lowest BCUT2D eigenvalue weighted by molar-refractivity contribution is 0.327. The first-order chi connectivity index (χ1) is 10.2. The summed E-state index contributed by atoms with van der Waals surface area (Å²) in [6, 6.07) is 9.57. The fourth-order valence-electron chi connectivity index (χ4n) is 1.89. The van der Waals surface area contributed by atoms with Crippen molar-refractivity contribution in [3.05, 3.63) is 42.1 Å². The smallest absolute Gasteiger partial charge is 0.213 e. The van der Waals surface area contributed by atoms with E-state index in [-0.39, 0.29) is 0 Å². The molecule has 0 aliphatic carbocycles. The zero-order chi connectivity index (χ0) is 15.1. The van der Waals surface area contributed by atoms with Gasteiger partial charge < -0.3 is 19.5 Å². The van der Waals surface area contributed by atoms with Gasteiger partial charge in [-0.1, -0.05) is 0 Å². The molecule has 1 aromatic heterocycles. The maximum Gasteiger partial charge on any atom is 0.213 e. The van der Waals surface area contributed by atoms with E-state index in [0.29, 0.717) is 19.0 Å². The zero-order valence-electron chi connectivity index (χ0n) is 12.6. The Morgan fingerprint density at radius 1 is 1.05 bits per heavy atom. The molecule has 0 amide bonds. The molecule has 0 bridgehead atoms. The molecule has 21 heavy (non-hydrogen) atoms. The van der Waals surface area contributed by atoms with Gasteiger partial charge in [0.05, 0.1) is 32.7 Å². The average molecular weight is 288 g/mol. The molecule has 5 heteroatoms. The third kappa shape index (κ3) is 4.27. The number of hydrogen-bond donors (Lipinski definition) is 1. The molecule has 0 aliphatic heterocycles. The highest BCUT2D eigenvalue weighted by molar-refractivity contribution is 5.45. The van der Waals surface area contributed by atoms with Gasteiger partial charge in [0.1, 0.15) is 11.5 Å². The van der Waals surface area contributed by atoms with Crippen LogP contribution in [0.3, 0.4) is 0 Å². The topological polar surface area (TPSA) is 52.6 Å². The van der Waals surface area contributed by atoms with Gasteiger partial charge in [0, 0.05) is 18.7 Å². The molecule has 0 radical (unpaired) electrons. The lowest BCUT2D eigenvalue weighted by Gasteiger charge is -2.10. The lowest BCUT2D eigenvalue weighted by atomic mass is 10.2. The number of rotatable bonds is 7. The summed E-state index contributed by atoms with van der Waals surface area (Å²) < 4.78 is 15.8. The minimum atomic E-state index is 0.614. The Morgan fingerprint density at radius 2 is 1.76 bits per heavy atom. The SMILES string of the molecule is CCOc1ccc(NCc2cc(OC)cc(OC)c2)cn1. The minimum Gasteiger partial charge on any atom is -0.497 e. The highest BCUT2D eigenvalue weighted by atomic mass is 16.5. The Bertz CT molecular complexity index is 548. The first kappa shape index (κ1) is 15.0. The number of anilines is 1. The second kappa shape index (κ2) is 7.38. The summed E-state index contributed by atoms with van der Waals surface area (Å²) in [6.45, 7) is 3.20. The van der Waals surface area contributed by atoms with Crippen LogP contribution < -0.4 is 19.5 Å². The normalized spacial score (nSPS) is 10.0. The third-order valence-electron chi connectivity index (χ3n) is 2.94. The Morgan fingerprint density at radius 3 is 2.29 bits per heavy atom. The molecular weight excluding hydrogens is 268 g/mol. The van der Waals surface area contributed by atoms with E-state index in [1.54, 1.807) is 20.4 Å². The summed E-state index contributed by atoms with van der Waals surface area (Å²) in [5, 5.41) is 3.30. The zero-order valence-corrected chi connectivity index (χ0v) is 12.6. The molecule has 0 fully saturated rings. The molecule has 0 atom stereocenters. The largest absolute Gasteiger partial charge is 0.497 e. The highest BCUT2D eigenvalue weighted by Gasteiger charge is 2.02. The molecule has 0 unspecified atom stereocenters. The van der Waals surface area contributed by atoms with Gasteiger partial charge in [-0.25, -0.2) is 4.98 Å². The van der Waals surface area contributed by atoms with Gasteiger partial charge in [-0.15, -0.1) is 0 Å². The van der Waals surface area contributed by atoms with Crippen LogP contribution in [0.4, 0.5) is 5.69 Å². The first-order valence-electron chi connectivity index (χ1n) is 6.79. The van der Waals surface area contributed by atoms with Crippen molar-refractivity contribution in [3.63, 3.8) is 0 Å². The Hall–Kier alpha value is -2.43. The van der Waals surface area contributed by atoms with Crippen molar-refractivity contribution >= 4 is 5.69 Å². The Balaban J connectivity index is 2.01. The predicted octanol–water partition coefficient (Wildman–Crippen LogP) is 3.11. The molecule has 112 valence electrons. The molecular formula is C16H20N2O3. The van der Waals surface area contributed by atoms with Crippen molar-refractivity contribution in [2.24, 2.45) is 0 Å². The molecule has 2 aromatic rings. The van der Waals surface area contributed by atoms with Crippen LogP contribution in [0.2, 0.25) is 0 Å². The summed E-state index contributed by atoms with van der Waals surface area (Å²) in [6.07, 6.45) is 1.75. The number of benzene rings is 1. The van der Waals surface area contributed by atoms with Crippen molar-refractivity contribution in [1.82, 2.24) is 4.98 Å². The average Bonchev–Trinajstić information content (AvgIpc) is 2.54.